The molecule has 4 heteroatoms. The van der Waals surface area contributed by atoms with Crippen LogP contribution in [0.25, 0.3) is 0 Å². The molecule has 1 aromatic rings. The Hall–Kier alpha value is -0.930. The highest BCUT2D eigenvalue weighted by molar-refractivity contribution is 4.90. The normalized spacial score (nSPS) is 12.9. The van der Waals surface area contributed by atoms with E-state index in [-0.39, 0.29) is 0 Å². The minimum Gasteiger partial charge on any atom is -0.243 e. The highest BCUT2D eigenvalue weighted by Gasteiger charge is 2.13. The van der Waals surface area contributed by atoms with Crippen molar-refractivity contribution in [1.82, 2.24) is 20.6 Å². The van der Waals surface area contributed by atoms with Gasteiger partial charge in [-0.3, -0.25) is 0 Å². The van der Waals surface area contributed by atoms with Gasteiger partial charge in [-0.05, 0) is 23.3 Å². The molecule has 1 heterocycles. The van der Waals surface area contributed by atoms with Crippen LogP contribution in [0.3, 0.4) is 0 Å². The van der Waals surface area contributed by atoms with Crippen molar-refractivity contribution in [3.8, 4) is 0 Å². The van der Waals surface area contributed by atoms with Crippen molar-refractivity contribution >= 4 is 0 Å². The van der Waals surface area contributed by atoms with E-state index < -0.39 is 0 Å². The van der Waals surface area contributed by atoms with Crippen LogP contribution in [0.1, 0.15) is 70.0 Å². The minimum atomic E-state index is 0.514. The summed E-state index contributed by atoms with van der Waals surface area (Å²) in [5.74, 6) is 1.47. The van der Waals surface area contributed by atoms with Crippen molar-refractivity contribution in [3.05, 3.63) is 12.7 Å². The summed E-state index contributed by atoms with van der Waals surface area (Å²) in [6.07, 6.45) is 9.74. The molecule has 0 aliphatic rings. The van der Waals surface area contributed by atoms with Gasteiger partial charge in [-0.15, -0.1) is 5.10 Å². The molecule has 0 fully saturated rings. The zero-order chi connectivity index (χ0) is 11.6. The lowest BCUT2D eigenvalue weighted by Gasteiger charge is -2.11. The second-order valence-corrected chi connectivity index (χ2v) is 4.33. The standard InChI is InChI=1S/C12H23N4/c1-3-5-6-7-8-10-11(9-4-2)12-13-15-16-14-12/h11H,1,3-10H2,2H3,(H,13,14,15,16). The summed E-state index contributed by atoms with van der Waals surface area (Å²) >= 11 is 0. The third kappa shape index (κ3) is 4.73. The van der Waals surface area contributed by atoms with Crippen LogP contribution >= 0.6 is 0 Å². The number of hydrogen-bond acceptors (Lipinski definition) is 3. The van der Waals surface area contributed by atoms with Gasteiger partial charge in [0, 0.05) is 5.92 Å². The topological polar surface area (TPSA) is 54.5 Å². The molecular weight excluding hydrogens is 200 g/mol. The Morgan fingerprint density at radius 2 is 2.00 bits per heavy atom. The van der Waals surface area contributed by atoms with E-state index in [1.165, 1.54) is 44.9 Å². The van der Waals surface area contributed by atoms with Gasteiger partial charge < -0.3 is 0 Å². The zero-order valence-corrected chi connectivity index (χ0v) is 10.3. The number of aromatic nitrogens is 4. The van der Waals surface area contributed by atoms with Crippen molar-refractivity contribution in [2.75, 3.05) is 0 Å². The third-order valence-electron chi connectivity index (χ3n) is 2.94. The largest absolute Gasteiger partial charge is 0.243 e. The second-order valence-electron chi connectivity index (χ2n) is 4.33. The molecule has 91 valence electrons. The highest BCUT2D eigenvalue weighted by atomic mass is 15.5. The van der Waals surface area contributed by atoms with E-state index in [1.807, 2.05) is 0 Å². The van der Waals surface area contributed by atoms with Gasteiger partial charge in [0.25, 0.3) is 0 Å². The van der Waals surface area contributed by atoms with Gasteiger partial charge in [-0.1, -0.05) is 52.4 Å². The highest BCUT2D eigenvalue weighted by Crippen LogP contribution is 2.23. The Morgan fingerprint density at radius 1 is 1.19 bits per heavy atom. The Morgan fingerprint density at radius 3 is 2.62 bits per heavy atom. The van der Waals surface area contributed by atoms with Crippen LogP contribution in [0.5, 0.6) is 0 Å². The first-order valence-electron chi connectivity index (χ1n) is 6.41. The smallest absolute Gasteiger partial charge is 0.151 e. The molecule has 1 N–H and O–H groups in total. The van der Waals surface area contributed by atoms with Crippen LogP contribution in [0.4, 0.5) is 0 Å². The molecular formula is C12H23N4. The second kappa shape index (κ2) is 8.25. The monoisotopic (exact) mass is 223 g/mol. The Balaban J connectivity index is 2.24. The van der Waals surface area contributed by atoms with Crippen molar-refractivity contribution in [2.45, 2.75) is 64.2 Å². The van der Waals surface area contributed by atoms with Crippen LogP contribution in [0, 0.1) is 6.92 Å². The van der Waals surface area contributed by atoms with Crippen LogP contribution in [0.15, 0.2) is 0 Å². The van der Waals surface area contributed by atoms with Crippen LogP contribution < -0.4 is 0 Å². The molecule has 1 radical (unpaired) electrons. The van der Waals surface area contributed by atoms with Gasteiger partial charge in [-0.2, -0.15) is 0 Å². The van der Waals surface area contributed by atoms with Crippen molar-refractivity contribution in [1.29, 1.82) is 0 Å². The van der Waals surface area contributed by atoms with Crippen LogP contribution in [-0.2, 0) is 0 Å². The maximum absolute atomic E-state index is 4.02. The van der Waals surface area contributed by atoms with E-state index in [0.717, 1.165) is 12.2 Å². The van der Waals surface area contributed by atoms with Gasteiger partial charge in [0.15, 0.2) is 5.82 Å². The average molecular weight is 223 g/mol. The van der Waals surface area contributed by atoms with E-state index in [2.05, 4.69) is 34.5 Å². The van der Waals surface area contributed by atoms with E-state index in [0.29, 0.717) is 5.92 Å². The van der Waals surface area contributed by atoms with E-state index in [9.17, 15) is 0 Å². The van der Waals surface area contributed by atoms with Crippen LogP contribution in [0.2, 0.25) is 0 Å². The zero-order valence-electron chi connectivity index (χ0n) is 10.3. The maximum Gasteiger partial charge on any atom is 0.151 e. The Kier molecular flexibility index (Phi) is 6.77. The summed E-state index contributed by atoms with van der Waals surface area (Å²) in [7, 11) is 0. The first kappa shape index (κ1) is 13.1. The first-order valence-corrected chi connectivity index (χ1v) is 6.41. The molecule has 1 aromatic heterocycles. The Labute approximate surface area is 98.2 Å². The number of unbranched alkanes of at least 4 members (excludes halogenated alkanes) is 4. The minimum absolute atomic E-state index is 0.514. The molecule has 0 saturated carbocycles. The van der Waals surface area contributed by atoms with Crippen LogP contribution in [-0.4, -0.2) is 20.6 Å². The van der Waals surface area contributed by atoms with E-state index >= 15 is 0 Å². The van der Waals surface area contributed by atoms with Crippen molar-refractivity contribution in [3.63, 3.8) is 0 Å². The van der Waals surface area contributed by atoms with Gasteiger partial charge in [0.05, 0.1) is 0 Å². The quantitative estimate of drug-likeness (QED) is 0.654. The third-order valence-corrected chi connectivity index (χ3v) is 2.94. The lowest BCUT2D eigenvalue weighted by Crippen LogP contribution is -2.01. The fourth-order valence-electron chi connectivity index (χ4n) is 2.03. The number of tetrazole rings is 1. The molecule has 16 heavy (non-hydrogen) atoms. The molecule has 1 rings (SSSR count). The van der Waals surface area contributed by atoms with Crippen molar-refractivity contribution in [2.24, 2.45) is 0 Å². The number of H-pyrrole nitrogens is 1. The summed E-state index contributed by atoms with van der Waals surface area (Å²) in [4.78, 5) is 0. The Bertz CT molecular complexity index is 246. The molecule has 4 nitrogen and oxygen atoms in total. The number of nitrogens with zero attached hydrogens (tertiary/aromatic N) is 3. The SMILES string of the molecule is [CH2]CCCCCCC(CCC)c1nnn[nH]1. The fraction of sp³-hybridized carbons (Fsp3) is 0.833. The summed E-state index contributed by atoms with van der Waals surface area (Å²) in [5, 5.41) is 14.2. The predicted octanol–water partition coefficient (Wildman–Crippen LogP) is 3.26. The summed E-state index contributed by atoms with van der Waals surface area (Å²) in [5.41, 5.74) is 0. The predicted molar refractivity (Wildman–Crippen MR) is 64.9 cm³/mol. The first-order chi connectivity index (χ1) is 7.88. The number of aromatic amines is 1. The summed E-state index contributed by atoms with van der Waals surface area (Å²) in [6.45, 7) is 6.06. The molecule has 0 bridgehead atoms. The molecule has 1 atom stereocenters. The lowest BCUT2D eigenvalue weighted by molar-refractivity contribution is 0.499. The maximum atomic E-state index is 4.02. The molecule has 0 amide bonds. The van der Waals surface area contributed by atoms with E-state index in [4.69, 9.17) is 0 Å². The van der Waals surface area contributed by atoms with Gasteiger partial charge in [-0.25, -0.2) is 5.10 Å². The van der Waals surface area contributed by atoms with Gasteiger partial charge >= 0.3 is 0 Å². The molecule has 0 spiro atoms. The summed E-state index contributed by atoms with van der Waals surface area (Å²) < 4.78 is 0. The molecule has 0 saturated heterocycles. The number of rotatable bonds is 9. The number of hydrogen-bond donors (Lipinski definition) is 1. The summed E-state index contributed by atoms with van der Waals surface area (Å²) in [6, 6.07) is 0. The fourth-order valence-corrected chi connectivity index (χ4v) is 2.03. The lowest BCUT2D eigenvalue weighted by atomic mass is 9.95. The van der Waals surface area contributed by atoms with Crippen molar-refractivity contribution < 1.29 is 0 Å². The van der Waals surface area contributed by atoms with Gasteiger partial charge in [0.1, 0.15) is 0 Å². The van der Waals surface area contributed by atoms with E-state index in [1.54, 1.807) is 0 Å². The molecule has 0 aromatic carbocycles. The average Bonchev–Trinajstić information content (AvgIpc) is 2.81. The molecule has 0 aliphatic heterocycles. The molecule has 1 unspecified atom stereocenters. The van der Waals surface area contributed by atoms with Gasteiger partial charge in [0.2, 0.25) is 0 Å². The number of nitrogens with one attached hydrogen (secondary N) is 1. The molecule has 0 aliphatic carbocycles.